The van der Waals surface area contributed by atoms with Crippen LogP contribution in [-0.4, -0.2) is 37.6 Å². The van der Waals surface area contributed by atoms with Crippen LogP contribution in [0.25, 0.3) is 11.0 Å². The Morgan fingerprint density at radius 1 is 1.19 bits per heavy atom. The summed E-state index contributed by atoms with van der Waals surface area (Å²) < 4.78 is 15.2. The Labute approximate surface area is 151 Å². The van der Waals surface area contributed by atoms with E-state index in [1.807, 2.05) is 26.0 Å². The summed E-state index contributed by atoms with van der Waals surface area (Å²) in [6.45, 7) is 5.08. The monoisotopic (exact) mass is 361 g/mol. The zero-order chi connectivity index (χ0) is 19.3. The highest BCUT2D eigenvalue weighted by molar-refractivity contribution is 5.96. The van der Waals surface area contributed by atoms with E-state index in [4.69, 9.17) is 9.15 Å². The molecule has 1 aromatic heterocycles. The summed E-state index contributed by atoms with van der Waals surface area (Å²) >= 11 is 0. The molecule has 1 aromatic carbocycles. The minimum atomic E-state index is -0.779. The molecule has 1 heterocycles. The highest BCUT2D eigenvalue weighted by Crippen LogP contribution is 2.25. The number of esters is 2. The lowest BCUT2D eigenvalue weighted by molar-refractivity contribution is -0.145. The minimum absolute atomic E-state index is 0.0608. The first-order chi connectivity index (χ1) is 12.3. The molecule has 0 fully saturated rings. The zero-order valence-corrected chi connectivity index (χ0v) is 15.3. The van der Waals surface area contributed by atoms with Gasteiger partial charge in [-0.2, -0.15) is 0 Å². The van der Waals surface area contributed by atoms with Crippen molar-refractivity contribution in [2.45, 2.75) is 33.2 Å². The molecule has 0 saturated heterocycles. The van der Waals surface area contributed by atoms with E-state index in [1.165, 1.54) is 7.11 Å². The predicted molar refractivity (Wildman–Crippen MR) is 94.6 cm³/mol. The molecule has 0 saturated carbocycles. The Kier molecular flexibility index (Phi) is 6.38. The number of furan rings is 1. The van der Waals surface area contributed by atoms with Gasteiger partial charge in [0, 0.05) is 10.9 Å². The second-order valence-electron chi connectivity index (χ2n) is 6.40. The van der Waals surface area contributed by atoms with Crippen molar-refractivity contribution in [2.24, 2.45) is 5.92 Å². The number of aryl methyl sites for hydroxylation is 1. The van der Waals surface area contributed by atoms with Gasteiger partial charge in [0.2, 0.25) is 5.76 Å². The summed E-state index contributed by atoms with van der Waals surface area (Å²) in [5.74, 6) is -1.60. The summed E-state index contributed by atoms with van der Waals surface area (Å²) in [6.07, 6.45) is 0.426. The molecular weight excluding hydrogens is 338 g/mol. The van der Waals surface area contributed by atoms with E-state index >= 15 is 0 Å². The number of carbonyl (C=O) groups is 3. The van der Waals surface area contributed by atoms with Gasteiger partial charge in [-0.05, 0) is 25.3 Å². The standard InChI is InChI=1S/C19H23NO6/c1-11(2)9-14(18(22)24-4)20-16(21)10-25-19(23)17-12(3)13-7-5-6-8-15(13)26-17/h5-8,11,14H,9-10H2,1-4H3,(H,20,21)/t14-/m0/s1. The van der Waals surface area contributed by atoms with Crippen molar-refractivity contribution in [2.75, 3.05) is 13.7 Å². The van der Waals surface area contributed by atoms with Gasteiger partial charge >= 0.3 is 11.9 Å². The Morgan fingerprint density at radius 3 is 2.50 bits per heavy atom. The molecule has 2 rings (SSSR count). The molecule has 7 heteroatoms. The number of benzene rings is 1. The number of hydrogen-bond donors (Lipinski definition) is 1. The molecule has 1 atom stereocenters. The van der Waals surface area contributed by atoms with Crippen LogP contribution < -0.4 is 5.32 Å². The fourth-order valence-corrected chi connectivity index (χ4v) is 2.63. The van der Waals surface area contributed by atoms with Crippen molar-refractivity contribution in [3.05, 3.63) is 35.6 Å². The van der Waals surface area contributed by atoms with E-state index in [1.54, 1.807) is 19.1 Å². The number of hydrogen-bond acceptors (Lipinski definition) is 6. The Balaban J connectivity index is 1.98. The minimum Gasteiger partial charge on any atom is -0.467 e. The van der Waals surface area contributed by atoms with Crippen LogP contribution in [0.15, 0.2) is 28.7 Å². The fourth-order valence-electron chi connectivity index (χ4n) is 2.63. The summed E-state index contributed by atoms with van der Waals surface area (Å²) in [5.41, 5.74) is 1.22. The normalized spacial score (nSPS) is 12.0. The molecule has 26 heavy (non-hydrogen) atoms. The SMILES string of the molecule is COC(=O)[C@H](CC(C)C)NC(=O)COC(=O)c1oc2ccccc2c1C. The van der Waals surface area contributed by atoms with Crippen molar-refractivity contribution >= 4 is 28.8 Å². The average Bonchev–Trinajstić information content (AvgIpc) is 2.95. The number of rotatable bonds is 7. The molecule has 0 aliphatic rings. The maximum absolute atomic E-state index is 12.2. The Hall–Kier alpha value is -2.83. The molecule has 1 amide bonds. The first-order valence-electron chi connectivity index (χ1n) is 8.36. The van der Waals surface area contributed by atoms with E-state index in [9.17, 15) is 14.4 Å². The van der Waals surface area contributed by atoms with Gasteiger partial charge < -0.3 is 19.2 Å². The number of carbonyl (C=O) groups excluding carboxylic acids is 3. The number of nitrogens with one attached hydrogen (secondary N) is 1. The van der Waals surface area contributed by atoms with Crippen LogP contribution in [0.5, 0.6) is 0 Å². The molecule has 0 radical (unpaired) electrons. The van der Waals surface area contributed by atoms with E-state index < -0.39 is 30.5 Å². The number of ether oxygens (including phenoxy) is 2. The summed E-state index contributed by atoms with van der Waals surface area (Å²) in [7, 11) is 1.26. The number of amides is 1. The van der Waals surface area contributed by atoms with Crippen LogP contribution in [0.1, 0.15) is 36.4 Å². The third-order valence-electron chi connectivity index (χ3n) is 3.89. The highest BCUT2D eigenvalue weighted by Gasteiger charge is 2.24. The van der Waals surface area contributed by atoms with Crippen LogP contribution in [0, 0.1) is 12.8 Å². The molecule has 7 nitrogen and oxygen atoms in total. The summed E-state index contributed by atoms with van der Waals surface area (Å²) in [5, 5.41) is 3.34. The fraction of sp³-hybridized carbons (Fsp3) is 0.421. The molecule has 1 N–H and O–H groups in total. The van der Waals surface area contributed by atoms with Crippen molar-refractivity contribution in [3.8, 4) is 0 Å². The van der Waals surface area contributed by atoms with Crippen LogP contribution in [0.3, 0.4) is 0 Å². The van der Waals surface area contributed by atoms with E-state index in [-0.39, 0.29) is 11.7 Å². The number of para-hydroxylation sites is 1. The predicted octanol–water partition coefficient (Wildman–Crippen LogP) is 2.60. The Bertz CT molecular complexity index is 807. The van der Waals surface area contributed by atoms with Crippen LogP contribution in [-0.2, 0) is 19.1 Å². The van der Waals surface area contributed by atoms with Gasteiger partial charge in [0.15, 0.2) is 6.61 Å². The summed E-state index contributed by atoms with van der Waals surface area (Å²) in [4.78, 5) is 36.0. The van der Waals surface area contributed by atoms with Crippen LogP contribution in [0.2, 0.25) is 0 Å². The molecule has 0 spiro atoms. The number of fused-ring (bicyclic) bond motifs is 1. The second-order valence-corrected chi connectivity index (χ2v) is 6.40. The molecule has 140 valence electrons. The second kappa shape index (κ2) is 8.51. The molecule has 2 aromatic rings. The van der Waals surface area contributed by atoms with Crippen molar-refractivity contribution in [3.63, 3.8) is 0 Å². The summed E-state index contributed by atoms with van der Waals surface area (Å²) in [6, 6.07) is 6.45. The number of methoxy groups -OCH3 is 1. The van der Waals surface area contributed by atoms with E-state index in [0.29, 0.717) is 17.6 Å². The molecule has 0 unspecified atom stereocenters. The van der Waals surface area contributed by atoms with Crippen LogP contribution >= 0.6 is 0 Å². The lowest BCUT2D eigenvalue weighted by Gasteiger charge is -2.18. The van der Waals surface area contributed by atoms with Gasteiger partial charge in [0.1, 0.15) is 11.6 Å². The van der Waals surface area contributed by atoms with Crippen molar-refractivity contribution in [1.29, 1.82) is 0 Å². The van der Waals surface area contributed by atoms with Gasteiger partial charge in [-0.3, -0.25) is 4.79 Å². The first kappa shape index (κ1) is 19.5. The van der Waals surface area contributed by atoms with E-state index in [2.05, 4.69) is 10.1 Å². The van der Waals surface area contributed by atoms with Gasteiger partial charge in [-0.25, -0.2) is 9.59 Å². The van der Waals surface area contributed by atoms with Crippen LogP contribution in [0.4, 0.5) is 0 Å². The molecule has 0 bridgehead atoms. The Morgan fingerprint density at radius 2 is 1.88 bits per heavy atom. The zero-order valence-electron chi connectivity index (χ0n) is 15.3. The largest absolute Gasteiger partial charge is 0.467 e. The lowest BCUT2D eigenvalue weighted by atomic mass is 10.0. The van der Waals surface area contributed by atoms with Crippen molar-refractivity contribution < 1.29 is 28.3 Å². The van der Waals surface area contributed by atoms with Gasteiger partial charge in [0.25, 0.3) is 5.91 Å². The van der Waals surface area contributed by atoms with Gasteiger partial charge in [0.05, 0.1) is 7.11 Å². The quantitative estimate of drug-likeness (QED) is 0.762. The molecule has 0 aliphatic carbocycles. The maximum Gasteiger partial charge on any atom is 0.375 e. The van der Waals surface area contributed by atoms with E-state index in [0.717, 1.165) is 5.39 Å². The van der Waals surface area contributed by atoms with Crippen molar-refractivity contribution in [1.82, 2.24) is 5.32 Å². The topological polar surface area (TPSA) is 94.8 Å². The van der Waals surface area contributed by atoms with Gasteiger partial charge in [-0.1, -0.05) is 32.0 Å². The average molecular weight is 361 g/mol. The third-order valence-corrected chi connectivity index (χ3v) is 3.89. The third kappa shape index (κ3) is 4.62. The molecule has 0 aliphatic heterocycles. The highest BCUT2D eigenvalue weighted by atomic mass is 16.5. The smallest absolute Gasteiger partial charge is 0.375 e. The van der Waals surface area contributed by atoms with Gasteiger partial charge in [-0.15, -0.1) is 0 Å². The first-order valence-corrected chi connectivity index (χ1v) is 8.36. The maximum atomic E-state index is 12.2. The lowest BCUT2D eigenvalue weighted by Crippen LogP contribution is -2.44. The molecular formula is C19H23NO6.